The minimum absolute atomic E-state index is 0.00174. The van der Waals surface area contributed by atoms with Gasteiger partial charge in [-0.15, -0.1) is 0 Å². The average Bonchev–Trinajstić information content (AvgIpc) is 2.62. The second-order valence-corrected chi connectivity index (χ2v) is 6.24. The molecule has 8 heteroatoms. The van der Waals surface area contributed by atoms with E-state index in [1.807, 2.05) is 0 Å². The average molecular weight is 395 g/mol. The van der Waals surface area contributed by atoms with Crippen LogP contribution in [0, 0.1) is 0 Å². The maximum absolute atomic E-state index is 12.1. The number of benzene rings is 1. The number of hydrogen-bond acceptors (Lipinski definition) is 5. The zero-order valence-corrected chi connectivity index (χ0v) is 15.4. The summed E-state index contributed by atoms with van der Waals surface area (Å²) in [5, 5.41) is 2.94. The number of pyridine rings is 1. The maximum Gasteiger partial charge on any atom is 0.307 e. The molecule has 1 aromatic carbocycles. The second-order valence-electron chi connectivity index (χ2n) is 5.39. The first kappa shape index (κ1) is 19.9. The SMILES string of the molecule is C[C@H](OC(=O)CCC(=O)c1ccccc1)C(=O)Nc1ncc(Cl)cc1Cl. The molecule has 0 saturated heterocycles. The molecule has 0 spiro atoms. The van der Waals surface area contributed by atoms with Crippen LogP contribution in [-0.4, -0.2) is 28.7 Å². The topological polar surface area (TPSA) is 85.4 Å². The van der Waals surface area contributed by atoms with Gasteiger partial charge in [-0.2, -0.15) is 0 Å². The van der Waals surface area contributed by atoms with Crippen molar-refractivity contribution in [1.29, 1.82) is 0 Å². The van der Waals surface area contributed by atoms with Crippen molar-refractivity contribution in [3.63, 3.8) is 0 Å². The molecule has 1 N–H and O–H groups in total. The normalized spacial score (nSPS) is 11.5. The number of nitrogens with one attached hydrogen (secondary N) is 1. The lowest BCUT2D eigenvalue weighted by atomic mass is 10.1. The third-order valence-electron chi connectivity index (χ3n) is 3.38. The predicted molar refractivity (Wildman–Crippen MR) is 98.4 cm³/mol. The smallest absolute Gasteiger partial charge is 0.307 e. The number of ether oxygens (including phenoxy) is 1. The van der Waals surface area contributed by atoms with Crippen molar-refractivity contribution in [3.05, 3.63) is 58.2 Å². The Morgan fingerprint density at radius 1 is 1.15 bits per heavy atom. The van der Waals surface area contributed by atoms with E-state index in [2.05, 4.69) is 10.3 Å². The van der Waals surface area contributed by atoms with Crippen LogP contribution in [0.4, 0.5) is 5.82 Å². The third-order valence-corrected chi connectivity index (χ3v) is 3.87. The first-order valence-electron chi connectivity index (χ1n) is 7.76. The van der Waals surface area contributed by atoms with Crippen molar-refractivity contribution in [1.82, 2.24) is 4.98 Å². The highest BCUT2D eigenvalue weighted by Gasteiger charge is 2.20. The molecule has 0 bridgehead atoms. The molecule has 1 aromatic heterocycles. The van der Waals surface area contributed by atoms with Gasteiger partial charge in [-0.1, -0.05) is 53.5 Å². The van der Waals surface area contributed by atoms with Crippen LogP contribution in [0.1, 0.15) is 30.1 Å². The number of aromatic nitrogens is 1. The summed E-state index contributed by atoms with van der Waals surface area (Å²) < 4.78 is 5.03. The zero-order chi connectivity index (χ0) is 19.1. The number of amides is 1. The first-order chi connectivity index (χ1) is 12.4. The lowest BCUT2D eigenvalue weighted by Gasteiger charge is -2.13. The summed E-state index contributed by atoms with van der Waals surface area (Å²) >= 11 is 11.7. The molecule has 0 radical (unpaired) electrons. The lowest BCUT2D eigenvalue weighted by Crippen LogP contribution is -2.30. The molecule has 1 heterocycles. The summed E-state index contributed by atoms with van der Waals surface area (Å²) in [5.41, 5.74) is 0.523. The third kappa shape index (κ3) is 5.82. The van der Waals surface area contributed by atoms with Crippen LogP contribution in [0.5, 0.6) is 0 Å². The Balaban J connectivity index is 1.82. The van der Waals surface area contributed by atoms with E-state index in [1.54, 1.807) is 30.3 Å². The Kier molecular flexibility index (Phi) is 7.12. The largest absolute Gasteiger partial charge is 0.453 e. The van der Waals surface area contributed by atoms with E-state index < -0.39 is 18.0 Å². The predicted octanol–water partition coefficient (Wildman–Crippen LogP) is 3.92. The van der Waals surface area contributed by atoms with E-state index in [-0.39, 0.29) is 29.5 Å². The fourth-order valence-corrected chi connectivity index (χ4v) is 2.45. The Bertz CT molecular complexity index is 812. The number of hydrogen-bond donors (Lipinski definition) is 1. The van der Waals surface area contributed by atoms with Crippen molar-refractivity contribution in [2.45, 2.75) is 25.9 Å². The van der Waals surface area contributed by atoms with Crippen molar-refractivity contribution < 1.29 is 19.1 Å². The van der Waals surface area contributed by atoms with Gasteiger partial charge >= 0.3 is 5.97 Å². The molecule has 2 aromatic rings. The van der Waals surface area contributed by atoms with Crippen molar-refractivity contribution in [3.8, 4) is 0 Å². The quantitative estimate of drug-likeness (QED) is 0.567. The highest BCUT2D eigenvalue weighted by Crippen LogP contribution is 2.22. The highest BCUT2D eigenvalue weighted by atomic mass is 35.5. The number of halogens is 2. The van der Waals surface area contributed by atoms with Crippen molar-refractivity contribution >= 4 is 46.7 Å². The summed E-state index contributed by atoms with van der Waals surface area (Å²) in [6.45, 7) is 1.41. The lowest BCUT2D eigenvalue weighted by molar-refractivity contribution is -0.153. The van der Waals surface area contributed by atoms with Gasteiger partial charge in [-0.25, -0.2) is 4.98 Å². The molecule has 1 amide bonds. The molecule has 1 atom stereocenters. The standard InChI is InChI=1S/C18H16Cl2N2O4/c1-11(18(25)22-17-14(20)9-13(19)10-21-17)26-16(24)8-7-15(23)12-5-3-2-4-6-12/h2-6,9-11H,7-8H2,1H3,(H,21,22,25)/t11-/m0/s1. The monoisotopic (exact) mass is 394 g/mol. The van der Waals surface area contributed by atoms with E-state index in [0.717, 1.165) is 0 Å². The highest BCUT2D eigenvalue weighted by molar-refractivity contribution is 6.36. The van der Waals surface area contributed by atoms with Gasteiger partial charge < -0.3 is 10.1 Å². The van der Waals surface area contributed by atoms with Crippen molar-refractivity contribution in [2.75, 3.05) is 5.32 Å². The van der Waals surface area contributed by atoms with Gasteiger partial charge in [0.05, 0.1) is 16.5 Å². The van der Waals surface area contributed by atoms with Crippen LogP contribution in [-0.2, 0) is 14.3 Å². The zero-order valence-electron chi connectivity index (χ0n) is 13.9. The number of Topliss-reactive ketones (excluding diaryl/α,β-unsaturated/α-hetero) is 1. The van der Waals surface area contributed by atoms with Crippen LogP contribution in [0.2, 0.25) is 10.0 Å². The van der Waals surface area contributed by atoms with E-state index in [0.29, 0.717) is 10.6 Å². The van der Waals surface area contributed by atoms with Crippen LogP contribution in [0.25, 0.3) is 0 Å². The molecular weight excluding hydrogens is 379 g/mol. The van der Waals surface area contributed by atoms with E-state index in [4.69, 9.17) is 27.9 Å². The van der Waals surface area contributed by atoms with Gasteiger partial charge in [0.25, 0.3) is 5.91 Å². The maximum atomic E-state index is 12.1. The number of rotatable bonds is 7. The van der Waals surface area contributed by atoms with Gasteiger partial charge in [0.1, 0.15) is 0 Å². The van der Waals surface area contributed by atoms with Gasteiger partial charge in [-0.3, -0.25) is 14.4 Å². The minimum Gasteiger partial charge on any atom is -0.453 e. The molecule has 0 unspecified atom stereocenters. The molecule has 0 aliphatic rings. The Morgan fingerprint density at radius 2 is 1.85 bits per heavy atom. The summed E-state index contributed by atoms with van der Waals surface area (Å²) in [7, 11) is 0. The van der Waals surface area contributed by atoms with Crippen LogP contribution < -0.4 is 5.32 Å². The number of ketones is 1. The molecule has 0 aliphatic heterocycles. The van der Waals surface area contributed by atoms with E-state index >= 15 is 0 Å². The Hall–Kier alpha value is -2.44. The van der Waals surface area contributed by atoms with Crippen LogP contribution in [0.15, 0.2) is 42.6 Å². The number of nitrogens with zero attached hydrogens (tertiary/aromatic N) is 1. The molecule has 0 aliphatic carbocycles. The van der Waals surface area contributed by atoms with E-state index in [9.17, 15) is 14.4 Å². The molecule has 136 valence electrons. The summed E-state index contributed by atoms with van der Waals surface area (Å²) in [6.07, 6.45) is 0.144. The molecule has 2 rings (SSSR count). The van der Waals surface area contributed by atoms with E-state index in [1.165, 1.54) is 19.2 Å². The number of carbonyl (C=O) groups is 3. The summed E-state index contributed by atoms with van der Waals surface area (Å²) in [4.78, 5) is 39.7. The number of esters is 1. The Labute approximate surface area is 160 Å². The van der Waals surface area contributed by atoms with Crippen molar-refractivity contribution in [2.24, 2.45) is 0 Å². The molecule has 6 nitrogen and oxygen atoms in total. The number of carbonyl (C=O) groups excluding carboxylic acids is 3. The first-order valence-corrected chi connectivity index (χ1v) is 8.52. The van der Waals surface area contributed by atoms with Gasteiger partial charge in [0.15, 0.2) is 17.7 Å². The fourth-order valence-electron chi connectivity index (χ4n) is 2.02. The molecule has 26 heavy (non-hydrogen) atoms. The van der Waals surface area contributed by atoms with Gasteiger partial charge in [-0.05, 0) is 13.0 Å². The fraction of sp³-hybridized carbons (Fsp3) is 0.222. The summed E-state index contributed by atoms with van der Waals surface area (Å²) in [6, 6.07) is 10.1. The number of anilines is 1. The molecular formula is C18H16Cl2N2O4. The molecule has 0 saturated carbocycles. The van der Waals surface area contributed by atoms with Crippen LogP contribution in [0.3, 0.4) is 0 Å². The van der Waals surface area contributed by atoms with Crippen LogP contribution >= 0.6 is 23.2 Å². The van der Waals surface area contributed by atoms with Gasteiger partial charge in [0.2, 0.25) is 0 Å². The second kappa shape index (κ2) is 9.31. The minimum atomic E-state index is -1.07. The summed E-state index contributed by atoms with van der Waals surface area (Å²) in [5.74, 6) is -1.29. The Morgan fingerprint density at radius 3 is 2.50 bits per heavy atom. The van der Waals surface area contributed by atoms with Gasteiger partial charge in [0, 0.05) is 18.2 Å². The molecule has 0 fully saturated rings.